The van der Waals surface area contributed by atoms with Crippen molar-refractivity contribution in [1.82, 2.24) is 8.75 Å². The fourth-order valence-electron chi connectivity index (χ4n) is 0.643. The van der Waals surface area contributed by atoms with Gasteiger partial charge in [-0.15, -0.1) is 0 Å². The molecule has 0 aromatic carbocycles. The highest BCUT2D eigenvalue weighted by Gasteiger charge is 2.05. The van der Waals surface area contributed by atoms with Crippen molar-refractivity contribution in [2.24, 2.45) is 0 Å². The molecule has 0 bridgehead atoms. The summed E-state index contributed by atoms with van der Waals surface area (Å²) in [4.78, 5) is 11.0. The molecule has 0 saturated heterocycles. The molecule has 0 unspecified atom stereocenters. The molecule has 1 rings (SSSR count). The van der Waals surface area contributed by atoms with Gasteiger partial charge in [-0.3, -0.25) is 4.79 Å². The maximum Gasteiger partial charge on any atom is 0.183 e. The van der Waals surface area contributed by atoms with Crippen LogP contribution in [0, 0.1) is 0 Å². The number of aromatic nitrogens is 2. The molecule has 0 saturated carbocycles. The van der Waals surface area contributed by atoms with Crippen molar-refractivity contribution in [3.05, 3.63) is 11.9 Å². The van der Waals surface area contributed by atoms with E-state index in [9.17, 15) is 4.79 Å². The van der Waals surface area contributed by atoms with Gasteiger partial charge in [0.25, 0.3) is 0 Å². The van der Waals surface area contributed by atoms with E-state index in [1.165, 1.54) is 6.20 Å². The summed E-state index contributed by atoms with van der Waals surface area (Å²) in [5.41, 5.74) is 0.506. The van der Waals surface area contributed by atoms with Crippen LogP contribution in [0.2, 0.25) is 0 Å². The monoisotopic (exact) mass is 156 g/mol. The second-order valence-corrected chi connectivity index (χ2v) is 2.52. The molecular weight excluding hydrogens is 148 g/mol. The molecule has 0 atom stereocenters. The maximum atomic E-state index is 11.0. The SMILES string of the molecule is CCCC(=O)c1cnsn1. The van der Waals surface area contributed by atoms with Crippen molar-refractivity contribution >= 4 is 17.5 Å². The molecule has 0 spiro atoms. The Hall–Kier alpha value is -0.770. The normalized spacial score (nSPS) is 9.70. The molecule has 0 aliphatic rings. The predicted octanol–water partition coefficient (Wildman–Crippen LogP) is 1.52. The lowest BCUT2D eigenvalue weighted by Gasteiger charge is -1.88. The lowest BCUT2D eigenvalue weighted by atomic mass is 10.2. The molecule has 1 heterocycles. The van der Waals surface area contributed by atoms with Crippen LogP contribution >= 0.6 is 11.7 Å². The van der Waals surface area contributed by atoms with Gasteiger partial charge in [-0.05, 0) is 6.42 Å². The highest BCUT2D eigenvalue weighted by molar-refractivity contribution is 6.99. The Morgan fingerprint density at radius 1 is 1.80 bits per heavy atom. The van der Waals surface area contributed by atoms with Gasteiger partial charge < -0.3 is 0 Å². The summed E-state index contributed by atoms with van der Waals surface area (Å²) in [5, 5.41) is 0. The number of hydrogen-bond donors (Lipinski definition) is 0. The zero-order chi connectivity index (χ0) is 7.40. The number of carbonyl (C=O) groups is 1. The minimum Gasteiger partial charge on any atom is -0.292 e. The smallest absolute Gasteiger partial charge is 0.183 e. The topological polar surface area (TPSA) is 42.9 Å². The van der Waals surface area contributed by atoms with Crippen LogP contribution in [0.25, 0.3) is 0 Å². The fourth-order valence-corrected chi connectivity index (χ4v) is 1.07. The standard InChI is InChI=1S/C6H8N2OS/c1-2-3-6(9)5-4-7-10-8-5/h4H,2-3H2,1H3. The van der Waals surface area contributed by atoms with Gasteiger partial charge in [0.15, 0.2) is 5.78 Å². The Labute approximate surface area is 63.4 Å². The van der Waals surface area contributed by atoms with Crippen LogP contribution in [0.5, 0.6) is 0 Å². The van der Waals surface area contributed by atoms with Gasteiger partial charge in [0, 0.05) is 6.42 Å². The number of Topliss-reactive ketones (excluding diaryl/α,β-unsaturated/α-hetero) is 1. The van der Waals surface area contributed by atoms with E-state index < -0.39 is 0 Å². The quantitative estimate of drug-likeness (QED) is 0.623. The van der Waals surface area contributed by atoms with Gasteiger partial charge in [-0.25, -0.2) is 0 Å². The minimum absolute atomic E-state index is 0.0938. The third-order valence-corrected chi connectivity index (χ3v) is 1.60. The van der Waals surface area contributed by atoms with Crippen molar-refractivity contribution < 1.29 is 4.79 Å². The van der Waals surface area contributed by atoms with Gasteiger partial charge in [0.05, 0.1) is 17.9 Å². The maximum absolute atomic E-state index is 11.0. The van der Waals surface area contributed by atoms with Gasteiger partial charge in [0.1, 0.15) is 5.69 Å². The molecule has 10 heavy (non-hydrogen) atoms. The average Bonchev–Trinajstić information content (AvgIpc) is 2.38. The number of hydrogen-bond acceptors (Lipinski definition) is 4. The Morgan fingerprint density at radius 3 is 3.10 bits per heavy atom. The van der Waals surface area contributed by atoms with Crippen LogP contribution in [0.3, 0.4) is 0 Å². The van der Waals surface area contributed by atoms with Crippen molar-refractivity contribution in [3.63, 3.8) is 0 Å². The number of rotatable bonds is 3. The zero-order valence-electron chi connectivity index (χ0n) is 5.70. The van der Waals surface area contributed by atoms with Crippen LogP contribution in [-0.2, 0) is 0 Å². The van der Waals surface area contributed by atoms with Crippen molar-refractivity contribution in [2.75, 3.05) is 0 Å². The largest absolute Gasteiger partial charge is 0.292 e. The highest BCUT2D eigenvalue weighted by Crippen LogP contribution is 2.01. The van der Waals surface area contributed by atoms with Crippen molar-refractivity contribution in [2.45, 2.75) is 19.8 Å². The first-order valence-electron chi connectivity index (χ1n) is 3.15. The Kier molecular flexibility index (Phi) is 2.50. The first-order valence-corrected chi connectivity index (χ1v) is 3.88. The summed E-state index contributed by atoms with van der Waals surface area (Å²) in [5.74, 6) is 0.0938. The van der Waals surface area contributed by atoms with E-state index in [4.69, 9.17) is 0 Å². The van der Waals surface area contributed by atoms with E-state index in [0.29, 0.717) is 12.1 Å². The average molecular weight is 156 g/mol. The van der Waals surface area contributed by atoms with Crippen LogP contribution in [-0.4, -0.2) is 14.5 Å². The van der Waals surface area contributed by atoms with Gasteiger partial charge in [0.2, 0.25) is 0 Å². The van der Waals surface area contributed by atoms with E-state index in [0.717, 1.165) is 18.1 Å². The molecule has 0 radical (unpaired) electrons. The minimum atomic E-state index is 0.0938. The Balaban J connectivity index is 2.59. The van der Waals surface area contributed by atoms with Gasteiger partial charge >= 0.3 is 0 Å². The lowest BCUT2D eigenvalue weighted by molar-refractivity contribution is 0.0978. The van der Waals surface area contributed by atoms with Crippen LogP contribution in [0.1, 0.15) is 30.3 Å². The van der Waals surface area contributed by atoms with Crippen molar-refractivity contribution in [1.29, 1.82) is 0 Å². The molecule has 0 fully saturated rings. The van der Waals surface area contributed by atoms with E-state index >= 15 is 0 Å². The summed E-state index contributed by atoms with van der Waals surface area (Å²) in [7, 11) is 0. The van der Waals surface area contributed by atoms with Crippen LogP contribution in [0.15, 0.2) is 6.20 Å². The summed E-state index contributed by atoms with van der Waals surface area (Å²) in [6.07, 6.45) is 2.96. The zero-order valence-corrected chi connectivity index (χ0v) is 6.52. The molecule has 54 valence electrons. The summed E-state index contributed by atoms with van der Waals surface area (Å²) in [6, 6.07) is 0. The molecule has 0 aliphatic carbocycles. The lowest BCUT2D eigenvalue weighted by Crippen LogP contribution is -1.97. The molecule has 0 amide bonds. The summed E-state index contributed by atoms with van der Waals surface area (Å²) < 4.78 is 7.55. The fraction of sp³-hybridized carbons (Fsp3) is 0.500. The van der Waals surface area contributed by atoms with Crippen molar-refractivity contribution in [3.8, 4) is 0 Å². The number of nitrogens with zero attached hydrogens (tertiary/aromatic N) is 2. The summed E-state index contributed by atoms with van der Waals surface area (Å²) >= 11 is 1.07. The Bertz CT molecular complexity index is 208. The first-order chi connectivity index (χ1) is 4.84. The first kappa shape index (κ1) is 7.34. The molecule has 1 aromatic rings. The molecule has 4 heteroatoms. The van der Waals surface area contributed by atoms with Crippen LogP contribution in [0.4, 0.5) is 0 Å². The molecular formula is C6H8N2OS. The van der Waals surface area contributed by atoms with Gasteiger partial charge in [-0.1, -0.05) is 6.92 Å². The predicted molar refractivity (Wildman–Crippen MR) is 39.1 cm³/mol. The van der Waals surface area contributed by atoms with E-state index in [1.807, 2.05) is 6.92 Å². The van der Waals surface area contributed by atoms with Crippen LogP contribution < -0.4 is 0 Å². The summed E-state index contributed by atoms with van der Waals surface area (Å²) in [6.45, 7) is 1.97. The van der Waals surface area contributed by atoms with E-state index in [-0.39, 0.29) is 5.78 Å². The number of carbonyl (C=O) groups excluding carboxylic acids is 1. The number of ketones is 1. The highest BCUT2D eigenvalue weighted by atomic mass is 32.1. The Morgan fingerprint density at radius 2 is 2.60 bits per heavy atom. The van der Waals surface area contributed by atoms with Gasteiger partial charge in [-0.2, -0.15) is 8.75 Å². The second kappa shape index (κ2) is 3.41. The molecule has 0 N–H and O–H groups in total. The molecule has 3 nitrogen and oxygen atoms in total. The second-order valence-electron chi connectivity index (χ2n) is 1.97. The molecule has 1 aromatic heterocycles. The van der Waals surface area contributed by atoms with E-state index in [2.05, 4.69) is 8.75 Å². The third-order valence-electron chi connectivity index (χ3n) is 1.12. The third kappa shape index (κ3) is 1.60. The van der Waals surface area contributed by atoms with E-state index in [1.54, 1.807) is 0 Å². The molecule has 0 aliphatic heterocycles.